The maximum atomic E-state index is 12.5. The molecule has 1 aromatic heterocycles. The molecule has 2 N–H and O–H groups in total. The van der Waals surface area contributed by atoms with Crippen molar-refractivity contribution in [2.45, 2.75) is 38.6 Å². The fourth-order valence-electron chi connectivity index (χ4n) is 4.51. The Kier molecular flexibility index (Phi) is 9.42. The van der Waals surface area contributed by atoms with E-state index in [1.54, 1.807) is 33.1 Å². The number of pyridine rings is 1. The van der Waals surface area contributed by atoms with Gasteiger partial charge >= 0.3 is 0 Å². The van der Waals surface area contributed by atoms with Gasteiger partial charge in [0, 0.05) is 71.7 Å². The summed E-state index contributed by atoms with van der Waals surface area (Å²) in [5.41, 5.74) is 3.74. The first-order chi connectivity index (χ1) is 16.8. The van der Waals surface area contributed by atoms with Crippen molar-refractivity contribution in [2.24, 2.45) is 9.98 Å². The number of nitrogens with zero attached hydrogens (tertiary/aromatic N) is 6. The van der Waals surface area contributed by atoms with Crippen LogP contribution in [0.2, 0.25) is 0 Å². The summed E-state index contributed by atoms with van der Waals surface area (Å²) in [4.78, 5) is 31.5. The average Bonchev–Trinajstić information content (AvgIpc) is 3.51. The molecule has 1 saturated heterocycles. The zero-order valence-electron chi connectivity index (χ0n) is 21.8. The number of amidine groups is 1. The number of piperazine rings is 1. The van der Waals surface area contributed by atoms with Crippen LogP contribution in [0.5, 0.6) is 0 Å². The molecule has 0 aromatic carbocycles. The van der Waals surface area contributed by atoms with Crippen LogP contribution in [0, 0.1) is 6.92 Å². The molecule has 3 heterocycles. The number of aromatic nitrogens is 1. The van der Waals surface area contributed by atoms with Crippen molar-refractivity contribution in [3.63, 3.8) is 0 Å². The molecule has 9 heteroatoms. The van der Waals surface area contributed by atoms with Crippen LogP contribution in [-0.4, -0.2) is 92.9 Å². The van der Waals surface area contributed by atoms with Crippen LogP contribution in [0.15, 0.2) is 52.2 Å². The van der Waals surface area contributed by atoms with Gasteiger partial charge in [-0.25, -0.2) is 0 Å². The van der Waals surface area contributed by atoms with E-state index in [1.807, 2.05) is 19.2 Å². The number of aryl methyl sites for hydroxylation is 1. The summed E-state index contributed by atoms with van der Waals surface area (Å²) in [6.45, 7) is 10.4. The minimum Gasteiger partial charge on any atom is -0.368 e. The molecule has 0 atom stereocenters. The van der Waals surface area contributed by atoms with Crippen molar-refractivity contribution in [1.29, 1.82) is 0 Å². The van der Waals surface area contributed by atoms with Crippen molar-refractivity contribution in [3.05, 3.63) is 47.9 Å². The van der Waals surface area contributed by atoms with Crippen molar-refractivity contribution in [2.75, 3.05) is 59.3 Å². The Bertz CT molecular complexity index is 968. The van der Waals surface area contributed by atoms with E-state index in [0.717, 1.165) is 56.1 Å². The Morgan fingerprint density at radius 3 is 2.46 bits per heavy atom. The fraction of sp³-hybridized carbons (Fsp3) is 0.538. The van der Waals surface area contributed by atoms with E-state index in [4.69, 9.17) is 0 Å². The van der Waals surface area contributed by atoms with Gasteiger partial charge in [-0.3, -0.25) is 14.8 Å². The Morgan fingerprint density at radius 1 is 1.23 bits per heavy atom. The van der Waals surface area contributed by atoms with Crippen LogP contribution in [0.3, 0.4) is 0 Å². The number of aliphatic imine (C=N–C) groups is 2. The van der Waals surface area contributed by atoms with E-state index < -0.39 is 0 Å². The molecule has 0 unspecified atom stereocenters. The average molecular weight is 481 g/mol. The largest absolute Gasteiger partial charge is 0.368 e. The molecule has 2 aliphatic heterocycles. The van der Waals surface area contributed by atoms with Crippen molar-refractivity contribution < 1.29 is 4.79 Å². The quantitative estimate of drug-likeness (QED) is 0.509. The third-order valence-electron chi connectivity index (χ3n) is 6.43. The van der Waals surface area contributed by atoms with Crippen molar-refractivity contribution >= 4 is 23.4 Å². The highest BCUT2D eigenvalue weighted by Gasteiger charge is 2.36. The molecule has 190 valence electrons. The van der Waals surface area contributed by atoms with Gasteiger partial charge in [0.2, 0.25) is 5.96 Å². The number of hydrogen-bond donors (Lipinski definition) is 2. The minimum atomic E-state index is -0.0160. The molecule has 3 aliphatic rings. The Morgan fingerprint density at radius 2 is 1.91 bits per heavy atom. The lowest BCUT2D eigenvalue weighted by atomic mass is 10.2. The van der Waals surface area contributed by atoms with Gasteiger partial charge in [-0.1, -0.05) is 19.4 Å². The molecule has 1 amide bonds. The van der Waals surface area contributed by atoms with Gasteiger partial charge < -0.3 is 25.3 Å². The molecule has 4 rings (SSSR count). The normalized spacial score (nSPS) is 20.0. The van der Waals surface area contributed by atoms with Gasteiger partial charge in [0.1, 0.15) is 11.5 Å². The summed E-state index contributed by atoms with van der Waals surface area (Å²) in [5, 5.41) is 6.29. The number of carbonyl (C=O) groups is 1. The highest BCUT2D eigenvalue weighted by Crippen LogP contribution is 2.33. The molecule has 0 spiro atoms. The Hall–Kier alpha value is -3.20. The Balaban J connectivity index is 0.000000223. The van der Waals surface area contributed by atoms with Gasteiger partial charge in [0.05, 0.1) is 11.9 Å². The van der Waals surface area contributed by atoms with Gasteiger partial charge in [-0.15, -0.1) is 0 Å². The number of rotatable bonds is 3. The summed E-state index contributed by atoms with van der Waals surface area (Å²) in [7, 11) is 7.00. The van der Waals surface area contributed by atoms with E-state index in [2.05, 4.69) is 54.1 Å². The number of hydrogen-bond acceptors (Lipinski definition) is 5. The number of nitrogens with one attached hydrogen (secondary N) is 2. The topological polar surface area (TPSA) is 88.5 Å². The molecule has 2 fully saturated rings. The maximum Gasteiger partial charge on any atom is 0.270 e. The second kappa shape index (κ2) is 12.5. The zero-order valence-corrected chi connectivity index (χ0v) is 21.8. The Labute approximate surface area is 209 Å². The number of guanidine groups is 1. The predicted octanol–water partition coefficient (Wildman–Crippen LogP) is 2.18. The van der Waals surface area contributed by atoms with E-state index in [1.165, 1.54) is 18.5 Å². The van der Waals surface area contributed by atoms with E-state index >= 15 is 0 Å². The molecule has 9 nitrogen and oxygen atoms in total. The minimum absolute atomic E-state index is 0.0160. The standard InChI is InChI=1S/C16H25N5O.C10H15N3/c1-11-10-13(15(22)20(4)5)21(12-8-6-7-9-12)14(11)19-16(17-2)18-3;1-9-2-3-10(8-12-9)13-6-4-11-5-7-13/h10,12H,1,6-9H2,2-5H3,(H,17,18);2-3,8,11H,4-7H2,1H3/b19-14+;. The fourth-order valence-corrected chi connectivity index (χ4v) is 4.51. The van der Waals surface area contributed by atoms with Crippen LogP contribution < -0.4 is 15.5 Å². The lowest BCUT2D eigenvalue weighted by molar-refractivity contribution is -0.126. The molecule has 1 aliphatic carbocycles. The maximum absolute atomic E-state index is 12.5. The van der Waals surface area contributed by atoms with Crippen LogP contribution >= 0.6 is 0 Å². The van der Waals surface area contributed by atoms with E-state index in [-0.39, 0.29) is 5.91 Å². The van der Waals surface area contributed by atoms with Gasteiger partial charge in [-0.05, 0) is 38.0 Å². The van der Waals surface area contributed by atoms with Crippen molar-refractivity contribution in [1.82, 2.24) is 25.4 Å². The molecule has 0 bridgehead atoms. The molecule has 1 saturated carbocycles. The smallest absolute Gasteiger partial charge is 0.270 e. The number of likely N-dealkylation sites (N-methyl/N-ethyl adjacent to an activating group) is 1. The predicted molar refractivity (Wildman–Crippen MR) is 144 cm³/mol. The molecule has 0 radical (unpaired) electrons. The number of amides is 1. The highest BCUT2D eigenvalue weighted by atomic mass is 16.2. The SMILES string of the molecule is C=C1C=C(C(=O)N(C)C)N(C2CCCC2)/C1=N/C(=NC)NC.Cc1ccc(N2CCNCC2)cn1. The van der Waals surface area contributed by atoms with Gasteiger partial charge in [0.25, 0.3) is 5.91 Å². The van der Waals surface area contributed by atoms with Crippen LogP contribution in [-0.2, 0) is 4.79 Å². The molecular formula is C26H40N8O. The van der Waals surface area contributed by atoms with E-state index in [9.17, 15) is 4.79 Å². The third kappa shape index (κ3) is 6.69. The lowest BCUT2D eigenvalue weighted by Gasteiger charge is -2.30. The first-order valence-electron chi connectivity index (χ1n) is 12.4. The second-order valence-electron chi connectivity index (χ2n) is 9.19. The third-order valence-corrected chi connectivity index (χ3v) is 6.43. The first kappa shape index (κ1) is 26.4. The zero-order chi connectivity index (χ0) is 25.4. The molecule has 1 aromatic rings. The van der Waals surface area contributed by atoms with Crippen LogP contribution in [0.25, 0.3) is 0 Å². The second-order valence-corrected chi connectivity index (χ2v) is 9.19. The van der Waals surface area contributed by atoms with Crippen molar-refractivity contribution in [3.8, 4) is 0 Å². The molecule has 35 heavy (non-hydrogen) atoms. The van der Waals surface area contributed by atoms with E-state index in [0.29, 0.717) is 17.7 Å². The van der Waals surface area contributed by atoms with Crippen LogP contribution in [0.4, 0.5) is 5.69 Å². The summed E-state index contributed by atoms with van der Waals surface area (Å²) < 4.78 is 0. The van der Waals surface area contributed by atoms with Gasteiger partial charge in [-0.2, -0.15) is 4.99 Å². The first-order valence-corrected chi connectivity index (χ1v) is 12.4. The summed E-state index contributed by atoms with van der Waals surface area (Å²) in [5.74, 6) is 1.25. The number of anilines is 1. The summed E-state index contributed by atoms with van der Waals surface area (Å²) in [6.07, 6.45) is 8.31. The summed E-state index contributed by atoms with van der Waals surface area (Å²) in [6, 6.07) is 4.52. The highest BCUT2D eigenvalue weighted by molar-refractivity contribution is 6.14. The lowest BCUT2D eigenvalue weighted by Crippen LogP contribution is -2.43. The number of carbonyl (C=O) groups excluding carboxylic acids is 1. The monoisotopic (exact) mass is 480 g/mol. The van der Waals surface area contributed by atoms with Crippen LogP contribution in [0.1, 0.15) is 31.4 Å². The molecular weight excluding hydrogens is 440 g/mol. The summed E-state index contributed by atoms with van der Waals surface area (Å²) >= 11 is 0. The van der Waals surface area contributed by atoms with Gasteiger partial charge in [0.15, 0.2) is 0 Å².